The van der Waals surface area contributed by atoms with Gasteiger partial charge in [0.05, 0.1) is 12.3 Å². The lowest BCUT2D eigenvalue weighted by molar-refractivity contribution is 0.220. The molecule has 0 aromatic carbocycles. The molecule has 0 aliphatic carbocycles. The fraction of sp³-hybridized carbons (Fsp3) is 0.750. The first-order valence-electron chi connectivity index (χ1n) is 3.46. The summed E-state index contributed by atoms with van der Waals surface area (Å²) >= 11 is 0. The minimum Gasteiger partial charge on any atom is -0.323 e. The van der Waals surface area contributed by atoms with Crippen LogP contribution in [0.5, 0.6) is 0 Å². The fourth-order valence-corrected chi connectivity index (χ4v) is 0.770. The topological polar surface area (TPSA) is 168 Å². The molecule has 0 aromatic heterocycles. The second-order valence-electron chi connectivity index (χ2n) is 2.51. The van der Waals surface area contributed by atoms with Gasteiger partial charge in [-0.25, -0.2) is 4.79 Å². The standard InChI is InChI=1S/C4H10N4O.H2O4S/c5-2-1-3(6)8-4(9)7-2;1-5(2,3)4/h2-3H,1,5-6H2,(H2,7,8,9);(H2,1,2,3,4). The highest BCUT2D eigenvalue weighted by molar-refractivity contribution is 7.79. The molecule has 10 heteroatoms. The van der Waals surface area contributed by atoms with Crippen LogP contribution in [0, 0.1) is 0 Å². The van der Waals surface area contributed by atoms with Crippen molar-refractivity contribution in [3.05, 3.63) is 0 Å². The molecule has 1 fully saturated rings. The van der Waals surface area contributed by atoms with E-state index in [-0.39, 0.29) is 18.4 Å². The van der Waals surface area contributed by atoms with Crippen molar-refractivity contribution in [2.24, 2.45) is 11.5 Å². The minimum atomic E-state index is -4.67. The first-order chi connectivity index (χ1) is 6.18. The summed E-state index contributed by atoms with van der Waals surface area (Å²) < 4.78 is 31.6. The summed E-state index contributed by atoms with van der Waals surface area (Å²) in [5.74, 6) is 0. The highest BCUT2D eigenvalue weighted by atomic mass is 32.3. The number of hydrogen-bond donors (Lipinski definition) is 6. The molecule has 1 aliphatic rings. The minimum absolute atomic E-state index is 0.291. The summed E-state index contributed by atoms with van der Waals surface area (Å²) in [5.41, 5.74) is 10.7. The molecular formula is C4H12N4O5S. The third-order valence-corrected chi connectivity index (χ3v) is 1.14. The van der Waals surface area contributed by atoms with Crippen LogP contribution in [0.1, 0.15) is 6.42 Å². The Hall–Kier alpha value is -0.940. The van der Waals surface area contributed by atoms with Crippen LogP contribution in [0.25, 0.3) is 0 Å². The first kappa shape index (κ1) is 13.1. The van der Waals surface area contributed by atoms with E-state index in [1.54, 1.807) is 0 Å². The second-order valence-corrected chi connectivity index (χ2v) is 3.41. The highest BCUT2D eigenvalue weighted by Crippen LogP contribution is 1.92. The first-order valence-corrected chi connectivity index (χ1v) is 4.86. The maximum atomic E-state index is 10.5. The van der Waals surface area contributed by atoms with Crippen LogP contribution >= 0.6 is 0 Å². The third kappa shape index (κ3) is 9.15. The van der Waals surface area contributed by atoms with Gasteiger partial charge in [-0.3, -0.25) is 9.11 Å². The third-order valence-electron chi connectivity index (χ3n) is 1.14. The Kier molecular flexibility index (Phi) is 4.73. The average Bonchev–Trinajstić information content (AvgIpc) is 1.77. The van der Waals surface area contributed by atoms with Crippen LogP contribution in [0.4, 0.5) is 4.79 Å². The van der Waals surface area contributed by atoms with Gasteiger partial charge in [0, 0.05) is 6.42 Å². The molecule has 0 radical (unpaired) electrons. The van der Waals surface area contributed by atoms with E-state index in [1.807, 2.05) is 0 Å². The molecule has 0 bridgehead atoms. The van der Waals surface area contributed by atoms with Crippen LogP contribution in [-0.2, 0) is 10.4 Å². The Morgan fingerprint density at radius 2 is 1.50 bits per heavy atom. The Morgan fingerprint density at radius 1 is 1.21 bits per heavy atom. The van der Waals surface area contributed by atoms with Crippen molar-refractivity contribution in [1.29, 1.82) is 0 Å². The molecular weight excluding hydrogens is 216 g/mol. The van der Waals surface area contributed by atoms with E-state index in [0.717, 1.165) is 0 Å². The predicted molar refractivity (Wildman–Crippen MR) is 46.4 cm³/mol. The molecule has 0 spiro atoms. The molecule has 1 heterocycles. The number of nitrogens with two attached hydrogens (primary N) is 2. The van der Waals surface area contributed by atoms with Crippen LogP contribution in [0.15, 0.2) is 0 Å². The van der Waals surface area contributed by atoms with Gasteiger partial charge in [0.2, 0.25) is 0 Å². The molecule has 9 nitrogen and oxygen atoms in total. The fourth-order valence-electron chi connectivity index (χ4n) is 0.770. The van der Waals surface area contributed by atoms with Gasteiger partial charge in [0.1, 0.15) is 0 Å². The summed E-state index contributed by atoms with van der Waals surface area (Å²) in [6.45, 7) is 0. The van der Waals surface area contributed by atoms with E-state index in [4.69, 9.17) is 29.0 Å². The summed E-state index contributed by atoms with van der Waals surface area (Å²) in [7, 11) is -4.67. The van der Waals surface area contributed by atoms with Crippen molar-refractivity contribution in [3.63, 3.8) is 0 Å². The number of rotatable bonds is 0. The molecule has 0 saturated carbocycles. The van der Waals surface area contributed by atoms with Gasteiger partial charge in [-0.15, -0.1) is 0 Å². The zero-order valence-corrected chi connectivity index (χ0v) is 7.86. The van der Waals surface area contributed by atoms with Crippen LogP contribution < -0.4 is 22.1 Å². The molecule has 14 heavy (non-hydrogen) atoms. The Bertz CT molecular complexity index is 270. The van der Waals surface area contributed by atoms with E-state index in [2.05, 4.69) is 10.6 Å². The molecule has 2 unspecified atom stereocenters. The van der Waals surface area contributed by atoms with Gasteiger partial charge in [0.25, 0.3) is 0 Å². The molecule has 84 valence electrons. The Balaban J connectivity index is 0.000000292. The zero-order valence-electron chi connectivity index (χ0n) is 7.04. The van der Waals surface area contributed by atoms with E-state index >= 15 is 0 Å². The molecule has 2 atom stereocenters. The van der Waals surface area contributed by atoms with E-state index in [0.29, 0.717) is 6.42 Å². The van der Waals surface area contributed by atoms with Gasteiger partial charge in [0.15, 0.2) is 0 Å². The molecule has 1 rings (SSSR count). The predicted octanol–water partition coefficient (Wildman–Crippen LogP) is -2.39. The van der Waals surface area contributed by atoms with Gasteiger partial charge in [-0.1, -0.05) is 0 Å². The summed E-state index contributed by atoms with van der Waals surface area (Å²) in [5, 5.41) is 4.91. The van der Waals surface area contributed by atoms with Crippen molar-refractivity contribution in [2.45, 2.75) is 18.8 Å². The molecule has 8 N–H and O–H groups in total. The number of carbonyl (C=O) groups is 1. The van der Waals surface area contributed by atoms with Crippen molar-refractivity contribution in [3.8, 4) is 0 Å². The Morgan fingerprint density at radius 3 is 1.71 bits per heavy atom. The van der Waals surface area contributed by atoms with Gasteiger partial charge < -0.3 is 22.1 Å². The van der Waals surface area contributed by atoms with Crippen molar-refractivity contribution in [2.75, 3.05) is 0 Å². The van der Waals surface area contributed by atoms with Crippen LogP contribution in [0.2, 0.25) is 0 Å². The number of amides is 2. The van der Waals surface area contributed by atoms with Gasteiger partial charge in [-0.2, -0.15) is 8.42 Å². The lowest BCUT2D eigenvalue weighted by Gasteiger charge is -2.25. The zero-order chi connectivity index (χ0) is 11.4. The van der Waals surface area contributed by atoms with E-state index in [9.17, 15) is 4.79 Å². The molecule has 2 amide bonds. The molecule has 1 aliphatic heterocycles. The SMILES string of the molecule is NC1CC(N)NC(=O)N1.O=S(=O)(O)O. The second kappa shape index (κ2) is 5.07. The van der Waals surface area contributed by atoms with Gasteiger partial charge >= 0.3 is 16.4 Å². The summed E-state index contributed by atoms with van der Waals surface area (Å²) in [6, 6.07) is -0.291. The quantitative estimate of drug-likeness (QED) is 0.251. The van der Waals surface area contributed by atoms with Crippen molar-refractivity contribution in [1.82, 2.24) is 10.6 Å². The van der Waals surface area contributed by atoms with Crippen molar-refractivity contribution < 1.29 is 22.3 Å². The van der Waals surface area contributed by atoms with Crippen molar-refractivity contribution >= 4 is 16.4 Å². The largest absolute Gasteiger partial charge is 0.394 e. The normalized spacial score (nSPS) is 26.7. The number of hydrogen-bond acceptors (Lipinski definition) is 5. The summed E-state index contributed by atoms with van der Waals surface area (Å²) in [6.07, 6.45) is -0.0198. The van der Waals surface area contributed by atoms with Crippen LogP contribution in [0.3, 0.4) is 0 Å². The maximum absolute atomic E-state index is 10.5. The van der Waals surface area contributed by atoms with Gasteiger partial charge in [-0.05, 0) is 0 Å². The molecule has 0 aromatic rings. The highest BCUT2D eigenvalue weighted by Gasteiger charge is 2.18. The Labute approximate surface area is 80.4 Å². The van der Waals surface area contributed by atoms with E-state index in [1.165, 1.54) is 0 Å². The lowest BCUT2D eigenvalue weighted by Crippen LogP contribution is -2.60. The monoisotopic (exact) mass is 228 g/mol. The number of carbonyl (C=O) groups excluding carboxylic acids is 1. The number of urea groups is 1. The smallest absolute Gasteiger partial charge is 0.323 e. The average molecular weight is 228 g/mol. The summed E-state index contributed by atoms with van der Waals surface area (Å²) in [4.78, 5) is 10.5. The molecule has 1 saturated heterocycles. The lowest BCUT2D eigenvalue weighted by atomic mass is 10.2. The van der Waals surface area contributed by atoms with Crippen LogP contribution in [-0.4, -0.2) is 35.9 Å². The maximum Gasteiger partial charge on any atom is 0.394 e. The number of nitrogens with one attached hydrogen (secondary N) is 2. The van der Waals surface area contributed by atoms with E-state index < -0.39 is 10.4 Å².